The van der Waals surface area contributed by atoms with Gasteiger partial charge < -0.3 is 14.7 Å². The lowest BCUT2D eigenvalue weighted by atomic mass is 10.1. The van der Waals surface area contributed by atoms with Crippen LogP contribution in [0.3, 0.4) is 0 Å². The largest absolute Gasteiger partial charge is 0.463 e. The quantitative estimate of drug-likeness (QED) is 0.760. The second kappa shape index (κ2) is 4.33. The van der Waals surface area contributed by atoms with Gasteiger partial charge in [0.1, 0.15) is 5.82 Å². The molecular formula is C12H13N3OS. The van der Waals surface area contributed by atoms with Crippen LogP contribution in [0.1, 0.15) is 18.4 Å². The molecule has 2 N–H and O–H groups in total. The Labute approximate surface area is 104 Å². The van der Waals surface area contributed by atoms with Crippen LogP contribution in [0.2, 0.25) is 0 Å². The Balaban J connectivity index is 2.20. The van der Waals surface area contributed by atoms with Gasteiger partial charge in [-0.3, -0.25) is 0 Å². The minimum absolute atomic E-state index is 0.490. The van der Waals surface area contributed by atoms with Gasteiger partial charge in [0.25, 0.3) is 0 Å². The number of anilines is 1. The third-order valence-electron chi connectivity index (χ3n) is 2.95. The van der Waals surface area contributed by atoms with Crippen molar-refractivity contribution < 1.29 is 4.42 Å². The number of nitrogens with zero attached hydrogens (tertiary/aromatic N) is 1. The smallest absolute Gasteiger partial charge is 0.199 e. The maximum absolute atomic E-state index is 5.45. The fourth-order valence-electron chi connectivity index (χ4n) is 2.15. The van der Waals surface area contributed by atoms with Crippen LogP contribution in [-0.4, -0.2) is 16.5 Å². The Morgan fingerprint density at radius 1 is 1.35 bits per heavy atom. The van der Waals surface area contributed by atoms with Crippen molar-refractivity contribution in [1.82, 2.24) is 9.97 Å². The molecular weight excluding hydrogens is 234 g/mol. The third kappa shape index (κ3) is 1.98. The summed E-state index contributed by atoms with van der Waals surface area (Å²) < 4.78 is 5.94. The molecule has 3 rings (SSSR count). The molecule has 0 bridgehead atoms. The Hall–Kier alpha value is -1.62. The number of rotatable bonds is 1. The summed E-state index contributed by atoms with van der Waals surface area (Å²) in [6.45, 7) is 0.955. The van der Waals surface area contributed by atoms with Crippen LogP contribution in [0.15, 0.2) is 22.8 Å². The maximum Gasteiger partial charge on any atom is 0.199 e. The summed E-state index contributed by atoms with van der Waals surface area (Å²) in [6, 6.07) is 3.81. The molecule has 0 saturated carbocycles. The highest BCUT2D eigenvalue weighted by Crippen LogP contribution is 2.29. The summed E-state index contributed by atoms with van der Waals surface area (Å²) in [5.41, 5.74) is 2.13. The molecule has 88 valence electrons. The van der Waals surface area contributed by atoms with Gasteiger partial charge in [0, 0.05) is 12.1 Å². The van der Waals surface area contributed by atoms with E-state index in [1.54, 1.807) is 6.26 Å². The van der Waals surface area contributed by atoms with E-state index >= 15 is 0 Å². The first-order valence-electron chi connectivity index (χ1n) is 5.75. The van der Waals surface area contributed by atoms with E-state index in [0.29, 0.717) is 4.77 Å². The lowest BCUT2D eigenvalue weighted by Crippen LogP contribution is -2.04. The van der Waals surface area contributed by atoms with Gasteiger partial charge in [-0.15, -0.1) is 0 Å². The van der Waals surface area contributed by atoms with Crippen LogP contribution in [0.4, 0.5) is 5.82 Å². The van der Waals surface area contributed by atoms with Crippen molar-refractivity contribution in [2.45, 2.75) is 19.3 Å². The lowest BCUT2D eigenvalue weighted by molar-refractivity contribution is 0.578. The maximum atomic E-state index is 5.45. The van der Waals surface area contributed by atoms with Crippen molar-refractivity contribution in [2.24, 2.45) is 0 Å². The standard InChI is InChI=1S/C12H13N3OS/c17-12-14-10(9-5-3-7-16-9)8-4-1-2-6-13-11(8)15-12/h3,5,7H,1-2,4,6H2,(H2,13,14,15,17). The van der Waals surface area contributed by atoms with E-state index in [-0.39, 0.29) is 0 Å². The molecule has 0 fully saturated rings. The lowest BCUT2D eigenvalue weighted by Gasteiger charge is -2.10. The molecule has 1 aliphatic heterocycles. The molecule has 17 heavy (non-hydrogen) atoms. The summed E-state index contributed by atoms with van der Waals surface area (Å²) in [5.74, 6) is 1.72. The Kier molecular flexibility index (Phi) is 2.68. The highest BCUT2D eigenvalue weighted by Gasteiger charge is 2.16. The number of furan rings is 1. The molecule has 0 aliphatic carbocycles. The van der Waals surface area contributed by atoms with Gasteiger partial charge in [-0.2, -0.15) is 0 Å². The Bertz CT molecular complexity index is 574. The van der Waals surface area contributed by atoms with Gasteiger partial charge in [-0.1, -0.05) is 0 Å². The molecule has 0 amide bonds. The number of aromatic nitrogens is 2. The zero-order valence-electron chi connectivity index (χ0n) is 9.32. The summed E-state index contributed by atoms with van der Waals surface area (Å²) in [6.07, 6.45) is 4.97. The second-order valence-electron chi connectivity index (χ2n) is 4.11. The summed E-state index contributed by atoms with van der Waals surface area (Å²) in [7, 11) is 0. The average molecular weight is 247 g/mol. The third-order valence-corrected chi connectivity index (χ3v) is 3.14. The molecule has 4 nitrogen and oxygen atoms in total. The predicted molar refractivity (Wildman–Crippen MR) is 68.6 cm³/mol. The van der Waals surface area contributed by atoms with Gasteiger partial charge in [0.05, 0.1) is 12.0 Å². The fraction of sp³-hybridized carbons (Fsp3) is 0.333. The number of aromatic amines is 1. The van der Waals surface area contributed by atoms with Gasteiger partial charge in [-0.25, -0.2) is 4.98 Å². The minimum atomic E-state index is 0.490. The second-order valence-corrected chi connectivity index (χ2v) is 4.49. The van der Waals surface area contributed by atoms with Gasteiger partial charge >= 0.3 is 0 Å². The van der Waals surface area contributed by atoms with Crippen LogP contribution < -0.4 is 5.32 Å². The monoisotopic (exact) mass is 247 g/mol. The van der Waals surface area contributed by atoms with Gasteiger partial charge in [0.15, 0.2) is 10.5 Å². The first-order valence-corrected chi connectivity index (χ1v) is 6.16. The summed E-state index contributed by atoms with van der Waals surface area (Å²) in [4.78, 5) is 7.49. The van der Waals surface area contributed by atoms with Crippen molar-refractivity contribution in [3.8, 4) is 11.5 Å². The molecule has 0 spiro atoms. The van der Waals surface area contributed by atoms with E-state index in [0.717, 1.165) is 43.1 Å². The topological polar surface area (TPSA) is 53.9 Å². The number of fused-ring (bicyclic) bond motifs is 1. The molecule has 2 aromatic heterocycles. The molecule has 0 saturated heterocycles. The van der Waals surface area contributed by atoms with Crippen LogP contribution in [0, 0.1) is 4.77 Å². The first-order chi connectivity index (χ1) is 8.34. The SMILES string of the molecule is S=c1nc2c(c(-c3ccco3)[nH]1)CCCCN2. The molecule has 5 heteroatoms. The average Bonchev–Trinajstić information content (AvgIpc) is 2.74. The molecule has 2 aromatic rings. The van der Waals surface area contributed by atoms with Gasteiger partial charge in [-0.05, 0) is 43.6 Å². The summed E-state index contributed by atoms with van der Waals surface area (Å²) >= 11 is 5.15. The molecule has 0 radical (unpaired) electrons. The van der Waals surface area contributed by atoms with Crippen LogP contribution in [0.5, 0.6) is 0 Å². The molecule has 1 aliphatic rings. The van der Waals surface area contributed by atoms with Crippen molar-refractivity contribution >= 4 is 18.0 Å². The van der Waals surface area contributed by atoms with Crippen molar-refractivity contribution in [1.29, 1.82) is 0 Å². The number of nitrogens with one attached hydrogen (secondary N) is 2. The highest BCUT2D eigenvalue weighted by molar-refractivity contribution is 7.71. The summed E-state index contributed by atoms with van der Waals surface area (Å²) in [5, 5.41) is 3.33. The van der Waals surface area contributed by atoms with Crippen molar-refractivity contribution in [3.05, 3.63) is 28.7 Å². The fourth-order valence-corrected chi connectivity index (χ4v) is 2.35. The number of hydrogen-bond donors (Lipinski definition) is 2. The van der Waals surface area contributed by atoms with E-state index in [4.69, 9.17) is 16.6 Å². The Morgan fingerprint density at radius 2 is 2.29 bits per heavy atom. The van der Waals surface area contributed by atoms with Crippen LogP contribution in [-0.2, 0) is 6.42 Å². The highest BCUT2D eigenvalue weighted by atomic mass is 32.1. The first kappa shape index (κ1) is 10.5. The Morgan fingerprint density at radius 3 is 3.12 bits per heavy atom. The molecule has 3 heterocycles. The van der Waals surface area contributed by atoms with E-state index < -0.39 is 0 Å². The molecule has 0 aromatic carbocycles. The van der Waals surface area contributed by atoms with E-state index in [1.807, 2.05) is 12.1 Å². The zero-order valence-corrected chi connectivity index (χ0v) is 10.1. The van der Waals surface area contributed by atoms with Crippen LogP contribution >= 0.6 is 12.2 Å². The van der Waals surface area contributed by atoms with E-state index in [1.165, 1.54) is 5.56 Å². The molecule has 0 unspecified atom stereocenters. The predicted octanol–water partition coefficient (Wildman–Crippen LogP) is 3.15. The molecule has 0 atom stereocenters. The number of H-pyrrole nitrogens is 1. The van der Waals surface area contributed by atoms with Crippen molar-refractivity contribution in [3.63, 3.8) is 0 Å². The van der Waals surface area contributed by atoms with E-state index in [9.17, 15) is 0 Å². The van der Waals surface area contributed by atoms with E-state index in [2.05, 4.69) is 15.3 Å². The van der Waals surface area contributed by atoms with Gasteiger partial charge in [0.2, 0.25) is 0 Å². The number of hydrogen-bond acceptors (Lipinski definition) is 4. The minimum Gasteiger partial charge on any atom is -0.463 e. The zero-order chi connectivity index (χ0) is 11.7. The van der Waals surface area contributed by atoms with Crippen LogP contribution in [0.25, 0.3) is 11.5 Å². The van der Waals surface area contributed by atoms with Crippen molar-refractivity contribution in [2.75, 3.05) is 11.9 Å². The normalized spacial score (nSPS) is 14.8.